The first-order valence-corrected chi connectivity index (χ1v) is 6.94. The summed E-state index contributed by atoms with van der Waals surface area (Å²) in [4.78, 5) is 14.4. The van der Waals surface area contributed by atoms with Crippen molar-refractivity contribution in [2.24, 2.45) is 11.7 Å². The van der Waals surface area contributed by atoms with E-state index < -0.39 is 0 Å². The SMILES string of the molecule is COc1ccc(C(=O)N2CC(CN)CCC2C)cc1O. The van der Waals surface area contributed by atoms with Crippen LogP contribution in [0.3, 0.4) is 0 Å². The predicted octanol–water partition coefficient (Wildman–Crippen LogP) is 1.60. The van der Waals surface area contributed by atoms with Gasteiger partial charge in [-0.2, -0.15) is 0 Å². The summed E-state index contributed by atoms with van der Waals surface area (Å²) in [5.74, 6) is 0.655. The number of rotatable bonds is 3. The number of piperidine rings is 1. The molecule has 0 aliphatic carbocycles. The van der Waals surface area contributed by atoms with Crippen LogP contribution < -0.4 is 10.5 Å². The number of phenolic OH excluding ortho intramolecular Hbond substituents is 1. The van der Waals surface area contributed by atoms with Gasteiger partial charge in [0.05, 0.1) is 7.11 Å². The van der Waals surface area contributed by atoms with Crippen LogP contribution in [0.1, 0.15) is 30.1 Å². The third kappa shape index (κ3) is 2.88. The van der Waals surface area contributed by atoms with Crippen molar-refractivity contribution in [2.75, 3.05) is 20.2 Å². The van der Waals surface area contributed by atoms with Crippen LogP contribution in [0.2, 0.25) is 0 Å². The molecule has 2 atom stereocenters. The summed E-state index contributed by atoms with van der Waals surface area (Å²) in [5, 5.41) is 9.79. The van der Waals surface area contributed by atoms with Gasteiger partial charge in [0.2, 0.25) is 0 Å². The highest BCUT2D eigenvalue weighted by Crippen LogP contribution is 2.28. The Bertz CT molecular complexity index is 490. The van der Waals surface area contributed by atoms with Crippen LogP contribution in [0.15, 0.2) is 18.2 Å². The number of amides is 1. The Morgan fingerprint density at radius 1 is 1.50 bits per heavy atom. The molecule has 1 saturated heterocycles. The molecule has 2 rings (SSSR count). The van der Waals surface area contributed by atoms with E-state index in [0.29, 0.717) is 30.3 Å². The second-order valence-corrected chi connectivity index (χ2v) is 5.37. The Balaban J connectivity index is 2.19. The van der Waals surface area contributed by atoms with Crippen LogP contribution in [0.5, 0.6) is 11.5 Å². The molecule has 1 aromatic rings. The van der Waals surface area contributed by atoms with Crippen molar-refractivity contribution in [3.63, 3.8) is 0 Å². The predicted molar refractivity (Wildman–Crippen MR) is 76.9 cm³/mol. The lowest BCUT2D eigenvalue weighted by molar-refractivity contribution is 0.0566. The van der Waals surface area contributed by atoms with E-state index in [9.17, 15) is 9.90 Å². The Labute approximate surface area is 119 Å². The van der Waals surface area contributed by atoms with Gasteiger partial charge in [0.1, 0.15) is 0 Å². The highest BCUT2D eigenvalue weighted by atomic mass is 16.5. The number of hydrogen-bond acceptors (Lipinski definition) is 4. The number of benzene rings is 1. The normalized spacial score (nSPS) is 22.6. The van der Waals surface area contributed by atoms with Gasteiger partial charge in [-0.3, -0.25) is 4.79 Å². The molecular formula is C15H22N2O3. The van der Waals surface area contributed by atoms with Crippen molar-refractivity contribution in [3.8, 4) is 11.5 Å². The molecule has 0 aromatic heterocycles. The highest BCUT2D eigenvalue weighted by Gasteiger charge is 2.29. The van der Waals surface area contributed by atoms with Gasteiger partial charge in [-0.1, -0.05) is 0 Å². The van der Waals surface area contributed by atoms with Crippen molar-refractivity contribution in [1.82, 2.24) is 4.90 Å². The van der Waals surface area contributed by atoms with Crippen LogP contribution in [0.25, 0.3) is 0 Å². The zero-order valence-corrected chi connectivity index (χ0v) is 12.0. The number of phenols is 1. The molecule has 110 valence electrons. The summed E-state index contributed by atoms with van der Waals surface area (Å²) in [5.41, 5.74) is 6.20. The van der Waals surface area contributed by atoms with E-state index in [1.165, 1.54) is 13.2 Å². The second kappa shape index (κ2) is 6.13. The molecule has 1 fully saturated rings. The molecule has 1 amide bonds. The Kier molecular flexibility index (Phi) is 4.49. The molecule has 1 heterocycles. The van der Waals surface area contributed by atoms with Crippen LogP contribution >= 0.6 is 0 Å². The molecule has 0 saturated carbocycles. The summed E-state index contributed by atoms with van der Waals surface area (Å²) in [6.45, 7) is 3.33. The van der Waals surface area contributed by atoms with Gasteiger partial charge in [0.25, 0.3) is 5.91 Å². The number of carbonyl (C=O) groups excluding carboxylic acids is 1. The molecule has 2 unspecified atom stereocenters. The zero-order chi connectivity index (χ0) is 14.7. The first-order chi connectivity index (χ1) is 9.56. The van der Waals surface area contributed by atoms with E-state index in [1.807, 2.05) is 11.8 Å². The quantitative estimate of drug-likeness (QED) is 0.880. The molecule has 20 heavy (non-hydrogen) atoms. The van der Waals surface area contributed by atoms with E-state index in [1.54, 1.807) is 12.1 Å². The fourth-order valence-electron chi connectivity index (χ4n) is 2.65. The smallest absolute Gasteiger partial charge is 0.254 e. The molecule has 1 aromatic carbocycles. The second-order valence-electron chi connectivity index (χ2n) is 5.37. The number of carbonyl (C=O) groups is 1. The van der Waals surface area contributed by atoms with Crippen molar-refractivity contribution in [1.29, 1.82) is 0 Å². The molecule has 0 bridgehead atoms. The first-order valence-electron chi connectivity index (χ1n) is 6.94. The van der Waals surface area contributed by atoms with Crippen molar-refractivity contribution < 1.29 is 14.6 Å². The maximum Gasteiger partial charge on any atom is 0.254 e. The van der Waals surface area contributed by atoms with Gasteiger partial charge >= 0.3 is 0 Å². The van der Waals surface area contributed by atoms with Gasteiger partial charge < -0.3 is 20.5 Å². The molecular weight excluding hydrogens is 256 g/mol. The first kappa shape index (κ1) is 14.7. The Morgan fingerprint density at radius 2 is 2.25 bits per heavy atom. The summed E-state index contributed by atoms with van der Waals surface area (Å²) >= 11 is 0. The van der Waals surface area contributed by atoms with Gasteiger partial charge in [0, 0.05) is 18.2 Å². The topological polar surface area (TPSA) is 75.8 Å². The summed E-state index contributed by atoms with van der Waals surface area (Å²) in [6, 6.07) is 4.95. The lowest BCUT2D eigenvalue weighted by Crippen LogP contribution is -2.47. The third-order valence-corrected chi connectivity index (χ3v) is 4.00. The van der Waals surface area contributed by atoms with Gasteiger partial charge in [0.15, 0.2) is 11.5 Å². The minimum absolute atomic E-state index is 0.0154. The molecule has 5 heteroatoms. The van der Waals surface area contributed by atoms with Crippen molar-refractivity contribution >= 4 is 5.91 Å². The third-order valence-electron chi connectivity index (χ3n) is 4.00. The molecule has 1 aliphatic rings. The Hall–Kier alpha value is -1.75. The van der Waals surface area contributed by atoms with Crippen LogP contribution in [0.4, 0.5) is 0 Å². The number of methoxy groups -OCH3 is 1. The van der Waals surface area contributed by atoms with Crippen molar-refractivity contribution in [3.05, 3.63) is 23.8 Å². The monoisotopic (exact) mass is 278 g/mol. The summed E-state index contributed by atoms with van der Waals surface area (Å²) in [7, 11) is 1.48. The van der Waals surface area contributed by atoms with Crippen LogP contribution in [-0.2, 0) is 0 Å². The maximum absolute atomic E-state index is 12.6. The van der Waals surface area contributed by atoms with Gasteiger partial charge in [-0.25, -0.2) is 0 Å². The number of nitrogens with two attached hydrogens (primary N) is 1. The summed E-state index contributed by atoms with van der Waals surface area (Å²) < 4.78 is 4.99. The minimum Gasteiger partial charge on any atom is -0.504 e. The van der Waals surface area contributed by atoms with E-state index in [-0.39, 0.29) is 17.7 Å². The Morgan fingerprint density at radius 3 is 2.85 bits per heavy atom. The van der Waals surface area contributed by atoms with E-state index in [0.717, 1.165) is 12.8 Å². The lowest BCUT2D eigenvalue weighted by Gasteiger charge is -2.37. The fourth-order valence-corrected chi connectivity index (χ4v) is 2.65. The van der Waals surface area contributed by atoms with Crippen LogP contribution in [0, 0.1) is 5.92 Å². The molecule has 0 radical (unpaired) electrons. The number of aromatic hydroxyl groups is 1. The highest BCUT2D eigenvalue weighted by molar-refractivity contribution is 5.95. The number of hydrogen-bond donors (Lipinski definition) is 2. The molecule has 5 nitrogen and oxygen atoms in total. The lowest BCUT2D eigenvalue weighted by atomic mass is 9.93. The minimum atomic E-state index is -0.0615. The molecule has 0 spiro atoms. The van der Waals surface area contributed by atoms with Crippen molar-refractivity contribution in [2.45, 2.75) is 25.8 Å². The number of nitrogens with zero attached hydrogens (tertiary/aromatic N) is 1. The molecule has 3 N–H and O–H groups in total. The number of likely N-dealkylation sites (tertiary alicyclic amines) is 1. The zero-order valence-electron chi connectivity index (χ0n) is 12.0. The average Bonchev–Trinajstić information content (AvgIpc) is 2.47. The summed E-state index contributed by atoms with van der Waals surface area (Å²) in [6.07, 6.45) is 2.03. The van der Waals surface area contributed by atoms with Gasteiger partial charge in [-0.05, 0) is 50.4 Å². The fraction of sp³-hybridized carbons (Fsp3) is 0.533. The standard InChI is InChI=1S/C15H22N2O3/c1-10-3-4-11(8-16)9-17(10)15(19)12-5-6-14(20-2)13(18)7-12/h5-7,10-11,18H,3-4,8-9,16H2,1-2H3. The number of ether oxygens (including phenoxy) is 1. The van der Waals surface area contributed by atoms with E-state index in [2.05, 4.69) is 0 Å². The molecule has 1 aliphatic heterocycles. The van der Waals surface area contributed by atoms with E-state index in [4.69, 9.17) is 10.5 Å². The van der Waals surface area contributed by atoms with E-state index >= 15 is 0 Å². The largest absolute Gasteiger partial charge is 0.504 e. The maximum atomic E-state index is 12.6. The van der Waals surface area contributed by atoms with Crippen LogP contribution in [-0.4, -0.2) is 42.2 Å². The van der Waals surface area contributed by atoms with Gasteiger partial charge in [-0.15, -0.1) is 0 Å². The average molecular weight is 278 g/mol.